The van der Waals surface area contributed by atoms with E-state index in [2.05, 4.69) is 38.4 Å². The Balaban J connectivity index is 1.54. The van der Waals surface area contributed by atoms with Crippen molar-refractivity contribution in [1.82, 2.24) is 14.8 Å². The van der Waals surface area contributed by atoms with Crippen LogP contribution in [0.4, 0.5) is 5.82 Å². The minimum Gasteiger partial charge on any atom is -0.383 e. The predicted molar refractivity (Wildman–Crippen MR) is 88.1 cm³/mol. The summed E-state index contributed by atoms with van der Waals surface area (Å²) in [4.78, 5) is 10.7. The number of rotatable bonds is 4. The van der Waals surface area contributed by atoms with Crippen LogP contribution in [0.15, 0.2) is 35.8 Å². The number of thiophene rings is 1. The molecule has 0 amide bonds. The Morgan fingerprint density at radius 3 is 2.57 bits per heavy atom. The molecule has 0 saturated carbocycles. The highest BCUT2D eigenvalue weighted by Gasteiger charge is 2.16. The zero-order valence-corrected chi connectivity index (χ0v) is 13.1. The SMILES string of the molecule is Nc1ncccc1CN1CCCN(Cc2cccs2)CC1. The van der Waals surface area contributed by atoms with Gasteiger partial charge in [0.05, 0.1) is 0 Å². The monoisotopic (exact) mass is 302 g/mol. The molecule has 0 aromatic carbocycles. The minimum atomic E-state index is 0.664. The summed E-state index contributed by atoms with van der Waals surface area (Å²) in [7, 11) is 0. The molecule has 0 atom stereocenters. The molecule has 2 aromatic heterocycles. The highest BCUT2D eigenvalue weighted by molar-refractivity contribution is 7.09. The number of hydrogen-bond donors (Lipinski definition) is 1. The molecule has 3 heterocycles. The van der Waals surface area contributed by atoms with Crippen molar-refractivity contribution in [2.45, 2.75) is 19.5 Å². The third-order valence-electron chi connectivity index (χ3n) is 3.96. The number of pyridine rings is 1. The maximum atomic E-state index is 5.95. The van der Waals surface area contributed by atoms with Crippen LogP contribution >= 0.6 is 11.3 Å². The van der Waals surface area contributed by atoms with Crippen LogP contribution in [0.2, 0.25) is 0 Å². The lowest BCUT2D eigenvalue weighted by Gasteiger charge is -2.21. The van der Waals surface area contributed by atoms with E-state index in [1.54, 1.807) is 6.20 Å². The fourth-order valence-corrected chi connectivity index (χ4v) is 3.54. The van der Waals surface area contributed by atoms with Crippen LogP contribution in [0.5, 0.6) is 0 Å². The Morgan fingerprint density at radius 2 is 1.86 bits per heavy atom. The van der Waals surface area contributed by atoms with E-state index < -0.39 is 0 Å². The molecule has 2 aromatic rings. The van der Waals surface area contributed by atoms with Crippen LogP contribution in [0.25, 0.3) is 0 Å². The maximum Gasteiger partial charge on any atom is 0.127 e. The van der Waals surface area contributed by atoms with Crippen molar-refractivity contribution >= 4 is 17.2 Å². The van der Waals surface area contributed by atoms with Gasteiger partial charge < -0.3 is 5.73 Å². The molecule has 21 heavy (non-hydrogen) atoms. The maximum absolute atomic E-state index is 5.95. The largest absolute Gasteiger partial charge is 0.383 e. The summed E-state index contributed by atoms with van der Waals surface area (Å²) in [5.74, 6) is 0.664. The van der Waals surface area contributed by atoms with Crippen molar-refractivity contribution in [3.63, 3.8) is 0 Å². The summed E-state index contributed by atoms with van der Waals surface area (Å²) in [6.07, 6.45) is 2.97. The molecule has 1 aliphatic heterocycles. The normalized spacial score (nSPS) is 17.7. The molecule has 0 aliphatic carbocycles. The molecule has 1 fully saturated rings. The summed E-state index contributed by atoms with van der Waals surface area (Å²) in [6.45, 7) is 6.52. The van der Waals surface area contributed by atoms with Gasteiger partial charge in [-0.1, -0.05) is 12.1 Å². The second-order valence-electron chi connectivity index (χ2n) is 5.53. The van der Waals surface area contributed by atoms with Gasteiger partial charge in [-0.2, -0.15) is 0 Å². The molecule has 0 spiro atoms. The topological polar surface area (TPSA) is 45.4 Å². The Kier molecular flexibility index (Phi) is 4.85. The molecule has 4 nitrogen and oxygen atoms in total. The van der Waals surface area contributed by atoms with Crippen LogP contribution in [0.1, 0.15) is 16.9 Å². The van der Waals surface area contributed by atoms with E-state index in [4.69, 9.17) is 5.73 Å². The van der Waals surface area contributed by atoms with Crippen molar-refractivity contribution in [2.75, 3.05) is 31.9 Å². The van der Waals surface area contributed by atoms with E-state index >= 15 is 0 Å². The van der Waals surface area contributed by atoms with Gasteiger partial charge in [0, 0.05) is 42.8 Å². The number of nitrogen functional groups attached to an aromatic ring is 1. The third-order valence-corrected chi connectivity index (χ3v) is 4.82. The number of aromatic nitrogens is 1. The van der Waals surface area contributed by atoms with Crippen LogP contribution in [0, 0.1) is 0 Å². The van der Waals surface area contributed by atoms with E-state index in [1.165, 1.54) is 17.8 Å². The van der Waals surface area contributed by atoms with Gasteiger partial charge in [-0.15, -0.1) is 11.3 Å². The second-order valence-corrected chi connectivity index (χ2v) is 6.57. The smallest absolute Gasteiger partial charge is 0.127 e. The molecule has 1 aliphatic rings. The molecule has 0 unspecified atom stereocenters. The second kappa shape index (κ2) is 7.02. The molecule has 1 saturated heterocycles. The Hall–Kier alpha value is -1.43. The average Bonchev–Trinajstić information content (AvgIpc) is 2.89. The van der Waals surface area contributed by atoms with Crippen molar-refractivity contribution < 1.29 is 0 Å². The molecular formula is C16H22N4S. The van der Waals surface area contributed by atoms with Gasteiger partial charge in [-0.05, 0) is 37.0 Å². The van der Waals surface area contributed by atoms with Gasteiger partial charge in [-0.3, -0.25) is 9.80 Å². The standard InChI is InChI=1S/C16H22N4S/c17-16-14(4-1-6-18-16)12-19-7-3-8-20(10-9-19)13-15-5-2-11-21-15/h1-2,4-6,11H,3,7-10,12-13H2,(H2,17,18). The number of anilines is 1. The van der Waals surface area contributed by atoms with Crippen molar-refractivity contribution in [1.29, 1.82) is 0 Å². The molecular weight excluding hydrogens is 280 g/mol. The fraction of sp³-hybridized carbons (Fsp3) is 0.438. The van der Waals surface area contributed by atoms with E-state index in [-0.39, 0.29) is 0 Å². The van der Waals surface area contributed by atoms with Gasteiger partial charge in [0.1, 0.15) is 5.82 Å². The Morgan fingerprint density at radius 1 is 1.05 bits per heavy atom. The summed E-state index contributed by atoms with van der Waals surface area (Å²) >= 11 is 1.85. The van der Waals surface area contributed by atoms with Crippen LogP contribution in [-0.4, -0.2) is 41.0 Å². The summed E-state index contributed by atoms with van der Waals surface area (Å²) < 4.78 is 0. The molecule has 2 N–H and O–H groups in total. The van der Waals surface area contributed by atoms with E-state index in [1.807, 2.05) is 17.4 Å². The van der Waals surface area contributed by atoms with Gasteiger partial charge in [0.15, 0.2) is 0 Å². The van der Waals surface area contributed by atoms with Crippen molar-refractivity contribution in [2.24, 2.45) is 0 Å². The van der Waals surface area contributed by atoms with E-state index in [0.29, 0.717) is 5.82 Å². The number of nitrogens with two attached hydrogens (primary N) is 1. The third kappa shape index (κ3) is 4.03. The summed E-state index contributed by atoms with van der Waals surface area (Å²) in [6, 6.07) is 8.40. The average molecular weight is 302 g/mol. The summed E-state index contributed by atoms with van der Waals surface area (Å²) in [5.41, 5.74) is 7.09. The molecule has 112 valence electrons. The number of nitrogens with zero attached hydrogens (tertiary/aromatic N) is 3. The van der Waals surface area contributed by atoms with Crippen LogP contribution in [-0.2, 0) is 13.1 Å². The summed E-state index contributed by atoms with van der Waals surface area (Å²) in [5, 5.41) is 2.16. The van der Waals surface area contributed by atoms with Gasteiger partial charge >= 0.3 is 0 Å². The highest BCUT2D eigenvalue weighted by atomic mass is 32.1. The Bertz CT molecular complexity index is 555. The fourth-order valence-electron chi connectivity index (χ4n) is 2.79. The Labute approximate surface area is 130 Å². The van der Waals surface area contributed by atoms with Gasteiger partial charge in [-0.25, -0.2) is 4.98 Å². The first-order valence-corrected chi connectivity index (χ1v) is 8.36. The first-order chi connectivity index (χ1) is 10.3. The molecule has 5 heteroatoms. The predicted octanol–water partition coefficient (Wildman–Crippen LogP) is 2.43. The van der Waals surface area contributed by atoms with E-state index in [0.717, 1.165) is 38.3 Å². The zero-order valence-electron chi connectivity index (χ0n) is 12.2. The quantitative estimate of drug-likeness (QED) is 0.942. The lowest BCUT2D eigenvalue weighted by atomic mass is 10.2. The first kappa shape index (κ1) is 14.5. The van der Waals surface area contributed by atoms with Crippen molar-refractivity contribution in [3.8, 4) is 0 Å². The van der Waals surface area contributed by atoms with E-state index in [9.17, 15) is 0 Å². The number of hydrogen-bond acceptors (Lipinski definition) is 5. The highest BCUT2D eigenvalue weighted by Crippen LogP contribution is 2.16. The van der Waals surface area contributed by atoms with Crippen LogP contribution < -0.4 is 5.73 Å². The van der Waals surface area contributed by atoms with Crippen molar-refractivity contribution in [3.05, 3.63) is 46.3 Å². The molecule has 3 rings (SSSR count). The van der Waals surface area contributed by atoms with Crippen LogP contribution in [0.3, 0.4) is 0 Å². The first-order valence-electron chi connectivity index (χ1n) is 7.48. The minimum absolute atomic E-state index is 0.664. The lowest BCUT2D eigenvalue weighted by Crippen LogP contribution is -2.30. The molecule has 0 bridgehead atoms. The molecule has 0 radical (unpaired) electrons. The zero-order chi connectivity index (χ0) is 14.5. The van der Waals surface area contributed by atoms with Gasteiger partial charge in [0.25, 0.3) is 0 Å². The lowest BCUT2D eigenvalue weighted by molar-refractivity contribution is 0.248. The van der Waals surface area contributed by atoms with Gasteiger partial charge in [0.2, 0.25) is 0 Å².